The van der Waals surface area contributed by atoms with Gasteiger partial charge in [-0.05, 0) is 30.7 Å². The van der Waals surface area contributed by atoms with Crippen molar-refractivity contribution in [3.8, 4) is 0 Å². The van der Waals surface area contributed by atoms with Crippen molar-refractivity contribution in [2.75, 3.05) is 5.32 Å². The van der Waals surface area contributed by atoms with Gasteiger partial charge in [0.1, 0.15) is 0 Å². The number of oxime groups is 1. The molecule has 2 aromatic rings. The number of aryl methyl sites for hydroxylation is 1. The van der Waals surface area contributed by atoms with Crippen molar-refractivity contribution < 1.29 is 10.0 Å². The third-order valence-electron chi connectivity index (χ3n) is 2.94. The maximum atomic E-state index is 12.1. The number of carbonyl (C=O) groups is 1. The molecule has 5 heteroatoms. The number of hydrogen-bond acceptors (Lipinski definition) is 3. The van der Waals surface area contributed by atoms with E-state index in [9.17, 15) is 4.79 Å². The third kappa shape index (κ3) is 2.95. The Morgan fingerprint density at radius 3 is 2.30 bits per heavy atom. The lowest BCUT2D eigenvalue weighted by atomic mass is 10.1. The Hall–Kier alpha value is -2.82. The summed E-state index contributed by atoms with van der Waals surface area (Å²) in [7, 11) is 0. The quantitative estimate of drug-likeness (QED) is 0.346. The molecule has 5 nitrogen and oxygen atoms in total. The number of nitrogens with one attached hydrogen (secondary N) is 1. The van der Waals surface area contributed by atoms with Crippen LogP contribution in [0, 0.1) is 6.92 Å². The predicted octanol–water partition coefficient (Wildman–Crippen LogP) is 2.34. The minimum Gasteiger partial charge on any atom is -0.409 e. The molecule has 20 heavy (non-hydrogen) atoms. The first kappa shape index (κ1) is 13.6. The Morgan fingerprint density at radius 2 is 1.70 bits per heavy atom. The average Bonchev–Trinajstić information content (AvgIpc) is 2.49. The number of amides is 1. The van der Waals surface area contributed by atoms with Crippen molar-refractivity contribution in [3.63, 3.8) is 0 Å². The van der Waals surface area contributed by atoms with E-state index < -0.39 is 0 Å². The average molecular weight is 269 g/mol. The molecule has 0 atom stereocenters. The summed E-state index contributed by atoms with van der Waals surface area (Å²) in [5.74, 6) is -0.193. The lowest BCUT2D eigenvalue weighted by molar-refractivity contribution is 0.102. The van der Waals surface area contributed by atoms with E-state index >= 15 is 0 Å². The van der Waals surface area contributed by atoms with Gasteiger partial charge in [-0.1, -0.05) is 35.5 Å². The fourth-order valence-electron chi connectivity index (χ4n) is 1.76. The molecule has 0 saturated carbocycles. The highest BCUT2D eigenvalue weighted by atomic mass is 16.4. The van der Waals surface area contributed by atoms with E-state index in [1.54, 1.807) is 24.3 Å². The number of para-hydroxylation sites is 1. The Bertz CT molecular complexity index is 648. The predicted molar refractivity (Wildman–Crippen MR) is 78.1 cm³/mol. The molecule has 0 unspecified atom stereocenters. The summed E-state index contributed by atoms with van der Waals surface area (Å²) in [6, 6.07) is 14.1. The van der Waals surface area contributed by atoms with Gasteiger partial charge in [-0.3, -0.25) is 4.79 Å². The molecule has 1 amide bonds. The molecule has 0 aliphatic carbocycles. The summed E-state index contributed by atoms with van der Waals surface area (Å²) in [4.78, 5) is 12.1. The van der Waals surface area contributed by atoms with E-state index in [1.165, 1.54) is 0 Å². The summed E-state index contributed by atoms with van der Waals surface area (Å²) in [6.45, 7) is 1.93. The van der Waals surface area contributed by atoms with Gasteiger partial charge in [-0.15, -0.1) is 0 Å². The summed E-state index contributed by atoms with van der Waals surface area (Å²) in [5, 5.41) is 14.3. The molecule has 0 aliphatic rings. The lowest BCUT2D eigenvalue weighted by Gasteiger charge is -2.08. The van der Waals surface area contributed by atoms with Crippen LogP contribution < -0.4 is 11.1 Å². The van der Waals surface area contributed by atoms with Gasteiger partial charge < -0.3 is 16.3 Å². The van der Waals surface area contributed by atoms with Crippen LogP contribution >= 0.6 is 0 Å². The first-order chi connectivity index (χ1) is 9.61. The van der Waals surface area contributed by atoms with Gasteiger partial charge in [0, 0.05) is 16.8 Å². The fourth-order valence-corrected chi connectivity index (χ4v) is 1.76. The molecule has 0 heterocycles. The fraction of sp³-hybridized carbons (Fsp3) is 0.0667. The second-order valence-corrected chi connectivity index (χ2v) is 4.33. The van der Waals surface area contributed by atoms with E-state index in [1.807, 2.05) is 31.2 Å². The molecular formula is C15H15N3O2. The first-order valence-corrected chi connectivity index (χ1v) is 6.07. The number of benzene rings is 2. The second-order valence-electron chi connectivity index (χ2n) is 4.33. The van der Waals surface area contributed by atoms with E-state index in [0.717, 1.165) is 11.3 Å². The van der Waals surface area contributed by atoms with Crippen LogP contribution in [-0.4, -0.2) is 17.0 Å². The highest BCUT2D eigenvalue weighted by Gasteiger charge is 2.08. The largest absolute Gasteiger partial charge is 0.409 e. The normalized spacial score (nSPS) is 11.2. The minimum absolute atomic E-state index is 0.0101. The molecular weight excluding hydrogens is 254 g/mol. The summed E-state index contributed by atoms with van der Waals surface area (Å²) in [5.41, 5.74) is 8.29. The van der Waals surface area contributed by atoms with Crippen LogP contribution in [0.5, 0.6) is 0 Å². The number of amidine groups is 1. The monoisotopic (exact) mass is 269 g/mol. The molecule has 2 rings (SSSR count). The molecule has 0 radical (unpaired) electrons. The van der Waals surface area contributed by atoms with Crippen molar-refractivity contribution in [3.05, 3.63) is 65.2 Å². The van der Waals surface area contributed by atoms with Gasteiger partial charge in [-0.25, -0.2) is 0 Å². The SMILES string of the molecule is Cc1ccccc1NC(=O)c1ccc(/C(N)=N/O)cc1. The first-order valence-electron chi connectivity index (χ1n) is 6.07. The zero-order chi connectivity index (χ0) is 14.5. The van der Waals surface area contributed by atoms with Gasteiger partial charge in [0.25, 0.3) is 5.91 Å². The molecule has 0 fully saturated rings. The van der Waals surface area contributed by atoms with Gasteiger partial charge in [0.15, 0.2) is 5.84 Å². The van der Waals surface area contributed by atoms with Gasteiger partial charge in [0.2, 0.25) is 0 Å². The van der Waals surface area contributed by atoms with E-state index in [2.05, 4.69) is 10.5 Å². The standard InChI is InChI=1S/C15H15N3O2/c1-10-4-2-3-5-13(10)17-15(19)12-8-6-11(7-9-12)14(16)18-20/h2-9,20H,1H3,(H2,16,18)(H,17,19). The van der Waals surface area contributed by atoms with Crippen LogP contribution in [0.1, 0.15) is 21.5 Å². The zero-order valence-electron chi connectivity index (χ0n) is 11.0. The van der Waals surface area contributed by atoms with Gasteiger partial charge in [-0.2, -0.15) is 0 Å². The number of nitrogens with two attached hydrogens (primary N) is 1. The number of hydrogen-bond donors (Lipinski definition) is 3. The Morgan fingerprint density at radius 1 is 1.10 bits per heavy atom. The van der Waals surface area contributed by atoms with Crippen molar-refractivity contribution in [1.29, 1.82) is 0 Å². The minimum atomic E-state index is -0.203. The number of nitrogens with zero attached hydrogens (tertiary/aromatic N) is 1. The summed E-state index contributed by atoms with van der Waals surface area (Å²) in [6.07, 6.45) is 0. The van der Waals surface area contributed by atoms with Crippen LogP contribution in [0.15, 0.2) is 53.7 Å². The molecule has 102 valence electrons. The van der Waals surface area contributed by atoms with E-state index in [-0.39, 0.29) is 11.7 Å². The lowest BCUT2D eigenvalue weighted by Crippen LogP contribution is -2.15. The number of rotatable bonds is 3. The highest BCUT2D eigenvalue weighted by molar-refractivity contribution is 6.05. The molecule has 0 spiro atoms. The number of carbonyl (C=O) groups excluding carboxylic acids is 1. The van der Waals surface area contributed by atoms with Gasteiger partial charge in [0.05, 0.1) is 0 Å². The van der Waals surface area contributed by atoms with Gasteiger partial charge >= 0.3 is 0 Å². The van der Waals surface area contributed by atoms with Crippen LogP contribution in [-0.2, 0) is 0 Å². The van der Waals surface area contributed by atoms with E-state index in [0.29, 0.717) is 11.1 Å². The summed E-state index contributed by atoms with van der Waals surface area (Å²) >= 11 is 0. The van der Waals surface area contributed by atoms with Crippen molar-refractivity contribution in [2.24, 2.45) is 10.9 Å². The maximum absolute atomic E-state index is 12.1. The zero-order valence-corrected chi connectivity index (χ0v) is 11.0. The third-order valence-corrected chi connectivity index (χ3v) is 2.94. The Kier molecular flexibility index (Phi) is 4.00. The van der Waals surface area contributed by atoms with Crippen molar-refractivity contribution in [2.45, 2.75) is 6.92 Å². The summed E-state index contributed by atoms with van der Waals surface area (Å²) < 4.78 is 0. The smallest absolute Gasteiger partial charge is 0.255 e. The Labute approximate surface area is 116 Å². The maximum Gasteiger partial charge on any atom is 0.255 e. The topological polar surface area (TPSA) is 87.7 Å². The van der Waals surface area contributed by atoms with Crippen LogP contribution in [0.25, 0.3) is 0 Å². The van der Waals surface area contributed by atoms with Crippen LogP contribution in [0.4, 0.5) is 5.69 Å². The second kappa shape index (κ2) is 5.88. The molecule has 0 aromatic heterocycles. The van der Waals surface area contributed by atoms with Crippen LogP contribution in [0.2, 0.25) is 0 Å². The molecule has 2 aromatic carbocycles. The molecule has 0 saturated heterocycles. The highest BCUT2D eigenvalue weighted by Crippen LogP contribution is 2.15. The molecule has 0 bridgehead atoms. The van der Waals surface area contributed by atoms with Crippen molar-refractivity contribution in [1.82, 2.24) is 0 Å². The Balaban J connectivity index is 2.16. The molecule has 4 N–H and O–H groups in total. The molecule has 0 aliphatic heterocycles. The van der Waals surface area contributed by atoms with Crippen molar-refractivity contribution >= 4 is 17.4 Å². The number of anilines is 1. The van der Waals surface area contributed by atoms with E-state index in [4.69, 9.17) is 10.9 Å². The van der Waals surface area contributed by atoms with Crippen LogP contribution in [0.3, 0.4) is 0 Å².